The minimum absolute atomic E-state index is 0.0393. The molecule has 188 valence electrons. The molecular formula is C28H30N2O6. The SMILES string of the molecule is CCc1ccc(NC(=O)COC(=O)CCCC(=O)Nc2ccc(Oc3ccccc3OC)cc2)cc1. The Hall–Kier alpha value is -4.33. The van der Waals surface area contributed by atoms with E-state index in [1.165, 1.54) is 5.56 Å². The second-order valence-electron chi connectivity index (χ2n) is 7.94. The number of rotatable bonds is 12. The second kappa shape index (κ2) is 13.5. The number of nitrogens with one attached hydrogen (secondary N) is 2. The summed E-state index contributed by atoms with van der Waals surface area (Å²) in [6, 6.07) is 21.7. The van der Waals surface area contributed by atoms with Crippen LogP contribution in [0.2, 0.25) is 0 Å². The second-order valence-corrected chi connectivity index (χ2v) is 7.94. The Balaban J connectivity index is 1.33. The molecule has 0 aliphatic heterocycles. The third kappa shape index (κ3) is 8.47. The predicted octanol–water partition coefficient (Wildman–Crippen LogP) is 5.34. The zero-order valence-corrected chi connectivity index (χ0v) is 20.4. The van der Waals surface area contributed by atoms with Crippen molar-refractivity contribution in [1.82, 2.24) is 0 Å². The van der Waals surface area contributed by atoms with Gasteiger partial charge in [0, 0.05) is 24.2 Å². The van der Waals surface area contributed by atoms with E-state index in [2.05, 4.69) is 17.6 Å². The Morgan fingerprint density at radius 2 is 1.36 bits per heavy atom. The fraction of sp³-hybridized carbons (Fsp3) is 0.250. The number of amides is 2. The first-order chi connectivity index (χ1) is 17.5. The maximum absolute atomic E-state index is 12.2. The van der Waals surface area contributed by atoms with Crippen LogP contribution < -0.4 is 20.1 Å². The zero-order chi connectivity index (χ0) is 25.8. The number of anilines is 2. The van der Waals surface area contributed by atoms with E-state index < -0.39 is 11.9 Å². The van der Waals surface area contributed by atoms with Crippen LogP contribution in [0.3, 0.4) is 0 Å². The van der Waals surface area contributed by atoms with E-state index in [1.807, 2.05) is 24.3 Å². The quantitative estimate of drug-likeness (QED) is 0.332. The van der Waals surface area contributed by atoms with Gasteiger partial charge in [-0.25, -0.2) is 0 Å². The fourth-order valence-corrected chi connectivity index (χ4v) is 3.29. The maximum Gasteiger partial charge on any atom is 0.306 e. The van der Waals surface area contributed by atoms with E-state index in [0.29, 0.717) is 35.0 Å². The highest BCUT2D eigenvalue weighted by Crippen LogP contribution is 2.31. The van der Waals surface area contributed by atoms with Gasteiger partial charge in [0.05, 0.1) is 7.11 Å². The Morgan fingerprint density at radius 1 is 0.750 bits per heavy atom. The van der Waals surface area contributed by atoms with Crippen molar-refractivity contribution in [2.45, 2.75) is 32.6 Å². The number of hydrogen-bond donors (Lipinski definition) is 2. The number of carbonyl (C=O) groups is 3. The summed E-state index contributed by atoms with van der Waals surface area (Å²) in [7, 11) is 1.57. The van der Waals surface area contributed by atoms with Crippen molar-refractivity contribution >= 4 is 29.2 Å². The highest BCUT2D eigenvalue weighted by Gasteiger charge is 2.10. The lowest BCUT2D eigenvalue weighted by molar-refractivity contribution is -0.147. The topological polar surface area (TPSA) is 103 Å². The van der Waals surface area contributed by atoms with Gasteiger partial charge in [0.1, 0.15) is 5.75 Å². The zero-order valence-electron chi connectivity index (χ0n) is 20.4. The molecule has 2 N–H and O–H groups in total. The van der Waals surface area contributed by atoms with Crippen LogP contribution >= 0.6 is 0 Å². The smallest absolute Gasteiger partial charge is 0.306 e. The molecule has 0 unspecified atom stereocenters. The van der Waals surface area contributed by atoms with Crippen molar-refractivity contribution in [2.24, 2.45) is 0 Å². The van der Waals surface area contributed by atoms with E-state index in [9.17, 15) is 14.4 Å². The number of esters is 1. The van der Waals surface area contributed by atoms with Crippen LogP contribution in [0.4, 0.5) is 11.4 Å². The molecule has 0 radical (unpaired) electrons. The predicted molar refractivity (Wildman–Crippen MR) is 137 cm³/mol. The van der Waals surface area contributed by atoms with Crippen molar-refractivity contribution in [1.29, 1.82) is 0 Å². The highest BCUT2D eigenvalue weighted by atomic mass is 16.5. The third-order valence-corrected chi connectivity index (χ3v) is 5.23. The Kier molecular flexibility index (Phi) is 9.88. The summed E-state index contributed by atoms with van der Waals surface area (Å²) in [6.45, 7) is 1.68. The summed E-state index contributed by atoms with van der Waals surface area (Å²) in [5.41, 5.74) is 2.42. The number of ether oxygens (including phenoxy) is 3. The van der Waals surface area contributed by atoms with Crippen LogP contribution in [0, 0.1) is 0 Å². The van der Waals surface area contributed by atoms with Crippen LogP contribution in [0.15, 0.2) is 72.8 Å². The molecule has 0 aliphatic rings. The average Bonchev–Trinajstić information content (AvgIpc) is 2.89. The van der Waals surface area contributed by atoms with Crippen LogP contribution in [0.25, 0.3) is 0 Å². The van der Waals surface area contributed by atoms with Gasteiger partial charge in [0.15, 0.2) is 18.1 Å². The maximum atomic E-state index is 12.2. The molecule has 0 aliphatic carbocycles. The third-order valence-electron chi connectivity index (χ3n) is 5.23. The Bertz CT molecular complexity index is 1160. The normalized spacial score (nSPS) is 10.3. The van der Waals surface area contributed by atoms with Gasteiger partial charge in [-0.2, -0.15) is 0 Å². The van der Waals surface area contributed by atoms with Gasteiger partial charge in [-0.1, -0.05) is 31.2 Å². The lowest BCUT2D eigenvalue weighted by Gasteiger charge is -2.11. The first-order valence-corrected chi connectivity index (χ1v) is 11.7. The average molecular weight is 491 g/mol. The molecule has 0 fully saturated rings. The summed E-state index contributed by atoms with van der Waals surface area (Å²) in [5.74, 6) is 0.639. The van der Waals surface area contributed by atoms with E-state index in [4.69, 9.17) is 14.2 Å². The molecule has 0 aromatic heterocycles. The van der Waals surface area contributed by atoms with Gasteiger partial charge >= 0.3 is 5.97 Å². The van der Waals surface area contributed by atoms with Gasteiger partial charge in [-0.05, 0) is 66.9 Å². The monoisotopic (exact) mass is 490 g/mol. The van der Waals surface area contributed by atoms with Crippen molar-refractivity contribution in [3.8, 4) is 17.2 Å². The number of methoxy groups -OCH3 is 1. The van der Waals surface area contributed by atoms with Gasteiger partial charge in [-0.3, -0.25) is 14.4 Å². The van der Waals surface area contributed by atoms with E-state index in [-0.39, 0.29) is 25.4 Å². The Labute approximate surface area is 210 Å². The minimum Gasteiger partial charge on any atom is -0.493 e. The molecule has 2 amide bonds. The van der Waals surface area contributed by atoms with E-state index in [1.54, 1.807) is 55.6 Å². The first-order valence-electron chi connectivity index (χ1n) is 11.7. The summed E-state index contributed by atoms with van der Waals surface area (Å²) in [6.07, 6.45) is 1.40. The molecule has 36 heavy (non-hydrogen) atoms. The number of benzene rings is 3. The molecule has 0 atom stereocenters. The van der Waals surface area contributed by atoms with Gasteiger partial charge < -0.3 is 24.8 Å². The molecule has 3 aromatic carbocycles. The first kappa shape index (κ1) is 26.3. The van der Waals surface area contributed by atoms with Crippen LogP contribution in [-0.2, 0) is 25.5 Å². The lowest BCUT2D eigenvalue weighted by atomic mass is 10.1. The van der Waals surface area contributed by atoms with Crippen LogP contribution in [-0.4, -0.2) is 31.5 Å². The standard InChI is InChI=1S/C28H30N2O6/c1-3-20-11-13-21(14-12-20)30-27(32)19-35-28(33)10-6-9-26(31)29-22-15-17-23(18-16-22)36-25-8-5-4-7-24(25)34-2/h4-5,7-8,11-18H,3,6,9-10,19H2,1-2H3,(H,29,31)(H,30,32). The molecule has 8 heteroatoms. The van der Waals surface area contributed by atoms with Crippen molar-refractivity contribution in [3.05, 3.63) is 78.4 Å². The summed E-state index contributed by atoms with van der Waals surface area (Å²) in [5, 5.41) is 5.46. The number of hydrogen-bond acceptors (Lipinski definition) is 6. The van der Waals surface area contributed by atoms with E-state index >= 15 is 0 Å². The van der Waals surface area contributed by atoms with E-state index in [0.717, 1.165) is 6.42 Å². The van der Waals surface area contributed by atoms with Crippen molar-refractivity contribution < 1.29 is 28.6 Å². The molecule has 3 rings (SSSR count). The molecule has 0 spiro atoms. The highest BCUT2D eigenvalue weighted by molar-refractivity contribution is 5.93. The van der Waals surface area contributed by atoms with Crippen molar-refractivity contribution in [3.63, 3.8) is 0 Å². The molecule has 0 saturated carbocycles. The van der Waals surface area contributed by atoms with Crippen molar-refractivity contribution in [2.75, 3.05) is 24.4 Å². The van der Waals surface area contributed by atoms with Gasteiger partial charge in [-0.15, -0.1) is 0 Å². The summed E-state index contributed by atoms with van der Waals surface area (Å²) >= 11 is 0. The largest absolute Gasteiger partial charge is 0.493 e. The number of carbonyl (C=O) groups excluding carboxylic acids is 3. The van der Waals surface area contributed by atoms with Gasteiger partial charge in [0.25, 0.3) is 5.91 Å². The molecule has 3 aromatic rings. The minimum atomic E-state index is -0.530. The molecular weight excluding hydrogens is 460 g/mol. The molecule has 0 heterocycles. The number of para-hydroxylation sites is 2. The van der Waals surface area contributed by atoms with Crippen LogP contribution in [0.1, 0.15) is 31.7 Å². The fourth-order valence-electron chi connectivity index (χ4n) is 3.29. The van der Waals surface area contributed by atoms with Crippen LogP contribution in [0.5, 0.6) is 17.2 Å². The summed E-state index contributed by atoms with van der Waals surface area (Å²) < 4.78 is 16.1. The Morgan fingerprint density at radius 3 is 2.00 bits per heavy atom. The molecule has 0 saturated heterocycles. The summed E-state index contributed by atoms with van der Waals surface area (Å²) in [4.78, 5) is 36.0. The molecule has 0 bridgehead atoms. The molecule has 8 nitrogen and oxygen atoms in total. The van der Waals surface area contributed by atoms with Gasteiger partial charge in [0.2, 0.25) is 5.91 Å². The number of aryl methyl sites for hydroxylation is 1. The lowest BCUT2D eigenvalue weighted by Crippen LogP contribution is -2.21.